The van der Waals surface area contributed by atoms with E-state index in [4.69, 9.17) is 23.2 Å². The van der Waals surface area contributed by atoms with Gasteiger partial charge < -0.3 is 5.32 Å². The van der Waals surface area contributed by atoms with Gasteiger partial charge in [-0.15, -0.1) is 5.10 Å². The second-order valence-corrected chi connectivity index (χ2v) is 5.96. The van der Waals surface area contributed by atoms with Crippen LogP contribution in [0.4, 0.5) is 10.2 Å². The van der Waals surface area contributed by atoms with Crippen LogP contribution in [0, 0.1) is 12.7 Å². The largest absolute Gasteiger partial charge is 0.305 e. The number of nitrogens with zero attached hydrogens (tertiary/aromatic N) is 2. The SMILES string of the molecule is Cc1cc(NC(=O)c2cccc(F)c2)nn1-c1ccc(Cl)c(Cl)c1. The summed E-state index contributed by atoms with van der Waals surface area (Å²) in [5.41, 5.74) is 1.73. The summed E-state index contributed by atoms with van der Waals surface area (Å²) in [6.45, 7) is 1.84. The summed E-state index contributed by atoms with van der Waals surface area (Å²) in [6, 6.07) is 12.3. The van der Waals surface area contributed by atoms with Crippen molar-refractivity contribution in [1.29, 1.82) is 0 Å². The zero-order valence-corrected chi connectivity index (χ0v) is 14.1. The summed E-state index contributed by atoms with van der Waals surface area (Å²) < 4.78 is 14.8. The van der Waals surface area contributed by atoms with Crippen LogP contribution in [-0.2, 0) is 0 Å². The third-order valence-corrected chi connectivity index (χ3v) is 4.10. The fraction of sp³-hybridized carbons (Fsp3) is 0.0588. The minimum atomic E-state index is -0.472. The van der Waals surface area contributed by atoms with Crippen molar-refractivity contribution < 1.29 is 9.18 Å². The van der Waals surface area contributed by atoms with Crippen LogP contribution in [0.1, 0.15) is 16.1 Å². The lowest BCUT2D eigenvalue weighted by Crippen LogP contribution is -2.12. The van der Waals surface area contributed by atoms with Crippen LogP contribution in [0.15, 0.2) is 48.5 Å². The molecular formula is C17H12Cl2FN3O. The van der Waals surface area contributed by atoms with E-state index in [0.717, 1.165) is 11.8 Å². The molecular weight excluding hydrogens is 352 g/mol. The Balaban J connectivity index is 1.86. The number of carbonyl (C=O) groups excluding carboxylic acids is 1. The molecule has 1 heterocycles. The lowest BCUT2D eigenvalue weighted by atomic mass is 10.2. The van der Waals surface area contributed by atoms with Crippen molar-refractivity contribution in [3.05, 3.63) is 75.7 Å². The van der Waals surface area contributed by atoms with Crippen molar-refractivity contribution in [2.45, 2.75) is 6.92 Å². The fourth-order valence-corrected chi connectivity index (χ4v) is 2.52. The number of hydrogen-bond acceptors (Lipinski definition) is 2. The van der Waals surface area contributed by atoms with Gasteiger partial charge in [-0.05, 0) is 43.3 Å². The van der Waals surface area contributed by atoms with Gasteiger partial charge in [0.15, 0.2) is 5.82 Å². The lowest BCUT2D eigenvalue weighted by molar-refractivity contribution is 0.102. The lowest BCUT2D eigenvalue weighted by Gasteiger charge is -2.05. The van der Waals surface area contributed by atoms with Gasteiger partial charge in [-0.1, -0.05) is 29.3 Å². The molecule has 0 bridgehead atoms. The number of nitrogens with one attached hydrogen (secondary N) is 1. The highest BCUT2D eigenvalue weighted by Crippen LogP contribution is 2.25. The second-order valence-electron chi connectivity index (χ2n) is 5.15. The van der Waals surface area contributed by atoms with Crippen LogP contribution in [0.25, 0.3) is 5.69 Å². The predicted molar refractivity (Wildman–Crippen MR) is 92.7 cm³/mol. The van der Waals surface area contributed by atoms with Gasteiger partial charge in [0.25, 0.3) is 5.91 Å². The first-order valence-electron chi connectivity index (χ1n) is 7.03. The zero-order valence-electron chi connectivity index (χ0n) is 12.6. The van der Waals surface area contributed by atoms with Crippen molar-refractivity contribution in [2.75, 3.05) is 5.32 Å². The Labute approximate surface area is 147 Å². The molecule has 1 aromatic heterocycles. The average Bonchev–Trinajstić information content (AvgIpc) is 2.90. The molecule has 1 N–H and O–H groups in total. The molecule has 0 fully saturated rings. The van der Waals surface area contributed by atoms with Gasteiger partial charge >= 0.3 is 0 Å². The minimum absolute atomic E-state index is 0.219. The molecule has 0 aliphatic carbocycles. The highest BCUT2D eigenvalue weighted by molar-refractivity contribution is 6.42. The fourth-order valence-electron chi connectivity index (χ4n) is 2.23. The molecule has 4 nitrogen and oxygen atoms in total. The van der Waals surface area contributed by atoms with Crippen molar-refractivity contribution in [2.24, 2.45) is 0 Å². The quantitative estimate of drug-likeness (QED) is 0.720. The molecule has 7 heteroatoms. The number of hydrogen-bond donors (Lipinski definition) is 1. The molecule has 0 saturated carbocycles. The Morgan fingerprint density at radius 2 is 1.92 bits per heavy atom. The van der Waals surface area contributed by atoms with Gasteiger partial charge in [0.05, 0.1) is 15.7 Å². The van der Waals surface area contributed by atoms with E-state index in [2.05, 4.69) is 10.4 Å². The Bertz CT molecular complexity index is 924. The van der Waals surface area contributed by atoms with E-state index in [1.807, 2.05) is 6.92 Å². The van der Waals surface area contributed by atoms with E-state index >= 15 is 0 Å². The molecule has 122 valence electrons. The number of benzene rings is 2. The molecule has 0 aliphatic rings. The summed E-state index contributed by atoms with van der Waals surface area (Å²) in [7, 11) is 0. The van der Waals surface area contributed by atoms with Gasteiger partial charge in [-0.2, -0.15) is 0 Å². The molecule has 1 amide bonds. The normalized spacial score (nSPS) is 10.7. The van der Waals surface area contributed by atoms with Gasteiger partial charge in [0, 0.05) is 17.3 Å². The minimum Gasteiger partial charge on any atom is -0.305 e. The summed E-state index contributed by atoms with van der Waals surface area (Å²) in [4.78, 5) is 12.2. The Kier molecular flexibility index (Phi) is 4.55. The molecule has 0 aliphatic heterocycles. The molecule has 0 saturated heterocycles. The van der Waals surface area contributed by atoms with Gasteiger partial charge in [0.1, 0.15) is 5.82 Å². The van der Waals surface area contributed by atoms with Crippen molar-refractivity contribution in [3.63, 3.8) is 0 Å². The standard InChI is InChI=1S/C17H12Cl2FN3O/c1-10-7-16(21-17(24)11-3-2-4-12(20)8-11)22-23(10)13-5-6-14(18)15(19)9-13/h2-9H,1H3,(H,21,22,24). The van der Waals surface area contributed by atoms with Crippen LogP contribution >= 0.6 is 23.2 Å². The molecule has 3 aromatic rings. The van der Waals surface area contributed by atoms with Crippen LogP contribution < -0.4 is 5.32 Å². The first-order chi connectivity index (χ1) is 11.4. The molecule has 3 rings (SSSR count). The van der Waals surface area contributed by atoms with Crippen molar-refractivity contribution in [1.82, 2.24) is 9.78 Å². The molecule has 24 heavy (non-hydrogen) atoms. The monoisotopic (exact) mass is 363 g/mol. The van der Waals surface area contributed by atoms with E-state index in [9.17, 15) is 9.18 Å². The zero-order chi connectivity index (χ0) is 17.3. The maximum absolute atomic E-state index is 13.2. The van der Waals surface area contributed by atoms with Gasteiger partial charge in [0.2, 0.25) is 0 Å². The number of rotatable bonds is 3. The number of carbonyl (C=O) groups is 1. The predicted octanol–water partition coefficient (Wildman–Crippen LogP) is 4.88. The average molecular weight is 364 g/mol. The topological polar surface area (TPSA) is 46.9 Å². The third kappa shape index (κ3) is 3.42. The number of aromatic nitrogens is 2. The van der Waals surface area contributed by atoms with E-state index in [0.29, 0.717) is 21.6 Å². The summed E-state index contributed by atoms with van der Waals surface area (Å²) >= 11 is 11.9. The Morgan fingerprint density at radius 3 is 2.62 bits per heavy atom. The molecule has 0 unspecified atom stereocenters. The second kappa shape index (κ2) is 6.63. The van der Waals surface area contributed by atoms with E-state index in [1.54, 1.807) is 28.9 Å². The van der Waals surface area contributed by atoms with Gasteiger partial charge in [-0.3, -0.25) is 4.79 Å². The summed E-state index contributed by atoms with van der Waals surface area (Å²) in [6.07, 6.45) is 0. The van der Waals surface area contributed by atoms with Crippen LogP contribution in [0.2, 0.25) is 10.0 Å². The first-order valence-corrected chi connectivity index (χ1v) is 7.78. The number of amides is 1. The molecule has 2 aromatic carbocycles. The maximum Gasteiger partial charge on any atom is 0.256 e. The Morgan fingerprint density at radius 1 is 1.12 bits per heavy atom. The van der Waals surface area contributed by atoms with Crippen LogP contribution in [0.5, 0.6) is 0 Å². The van der Waals surface area contributed by atoms with E-state index in [1.165, 1.54) is 18.2 Å². The van der Waals surface area contributed by atoms with Crippen molar-refractivity contribution >= 4 is 34.9 Å². The summed E-state index contributed by atoms with van der Waals surface area (Å²) in [5, 5.41) is 7.83. The number of halogens is 3. The number of aryl methyl sites for hydroxylation is 1. The molecule has 0 atom stereocenters. The van der Waals surface area contributed by atoms with Crippen molar-refractivity contribution in [3.8, 4) is 5.69 Å². The first kappa shape index (κ1) is 16.5. The maximum atomic E-state index is 13.2. The van der Waals surface area contributed by atoms with E-state index in [-0.39, 0.29) is 5.56 Å². The van der Waals surface area contributed by atoms with Gasteiger partial charge in [-0.25, -0.2) is 9.07 Å². The Hall–Kier alpha value is -2.37. The molecule has 0 radical (unpaired) electrons. The number of anilines is 1. The highest BCUT2D eigenvalue weighted by atomic mass is 35.5. The van der Waals surface area contributed by atoms with E-state index < -0.39 is 11.7 Å². The molecule has 0 spiro atoms. The highest BCUT2D eigenvalue weighted by Gasteiger charge is 2.12. The van der Waals surface area contributed by atoms with Crippen LogP contribution in [-0.4, -0.2) is 15.7 Å². The smallest absolute Gasteiger partial charge is 0.256 e. The third-order valence-electron chi connectivity index (χ3n) is 3.36. The van der Waals surface area contributed by atoms with Crippen LogP contribution in [0.3, 0.4) is 0 Å². The summed E-state index contributed by atoms with van der Waals surface area (Å²) in [5.74, 6) is -0.554.